The molecule has 0 saturated carbocycles. The average Bonchev–Trinajstić information content (AvgIpc) is 2.86. The lowest BCUT2D eigenvalue weighted by molar-refractivity contribution is 1.10. The SMILES string of the molecule is Cc1cncc(CNc2c(Cl)ccc3nsnc23)c1. The number of aromatic nitrogens is 3. The molecule has 1 N–H and O–H groups in total. The lowest BCUT2D eigenvalue weighted by atomic mass is 10.2. The molecule has 3 rings (SSSR count). The Morgan fingerprint density at radius 1 is 1.26 bits per heavy atom. The van der Waals surface area contributed by atoms with Crippen molar-refractivity contribution in [2.75, 3.05) is 5.32 Å². The van der Waals surface area contributed by atoms with Gasteiger partial charge in [-0.2, -0.15) is 8.75 Å². The average molecular weight is 291 g/mol. The molecule has 0 aliphatic heterocycles. The molecule has 0 unspecified atom stereocenters. The Bertz CT molecular complexity index is 725. The van der Waals surface area contributed by atoms with Crippen molar-refractivity contribution in [1.82, 2.24) is 13.7 Å². The van der Waals surface area contributed by atoms with E-state index in [1.807, 2.05) is 31.5 Å². The summed E-state index contributed by atoms with van der Waals surface area (Å²) in [6.45, 7) is 2.68. The third-order valence-corrected chi connectivity index (χ3v) is 3.64. The predicted octanol–water partition coefficient (Wildman–Crippen LogP) is 3.66. The van der Waals surface area contributed by atoms with Crippen molar-refractivity contribution >= 4 is 40.0 Å². The van der Waals surface area contributed by atoms with Crippen LogP contribution in [0.2, 0.25) is 5.02 Å². The van der Waals surface area contributed by atoms with Crippen LogP contribution < -0.4 is 5.32 Å². The molecule has 19 heavy (non-hydrogen) atoms. The zero-order chi connectivity index (χ0) is 13.2. The van der Waals surface area contributed by atoms with E-state index < -0.39 is 0 Å². The maximum atomic E-state index is 6.22. The summed E-state index contributed by atoms with van der Waals surface area (Å²) in [5, 5.41) is 3.97. The molecule has 1 aromatic carbocycles. The highest BCUT2D eigenvalue weighted by Gasteiger charge is 2.09. The summed E-state index contributed by atoms with van der Waals surface area (Å²) in [4.78, 5) is 4.17. The maximum absolute atomic E-state index is 6.22. The van der Waals surface area contributed by atoms with Crippen LogP contribution in [-0.2, 0) is 6.54 Å². The smallest absolute Gasteiger partial charge is 0.129 e. The molecule has 0 fully saturated rings. The van der Waals surface area contributed by atoms with E-state index in [2.05, 4.69) is 25.1 Å². The number of pyridine rings is 1. The third kappa shape index (κ3) is 2.52. The van der Waals surface area contributed by atoms with E-state index in [1.54, 1.807) is 0 Å². The topological polar surface area (TPSA) is 50.7 Å². The van der Waals surface area contributed by atoms with Gasteiger partial charge in [-0.25, -0.2) is 0 Å². The quantitative estimate of drug-likeness (QED) is 0.800. The number of aryl methyl sites for hydroxylation is 1. The van der Waals surface area contributed by atoms with Gasteiger partial charge in [-0.3, -0.25) is 4.98 Å². The fourth-order valence-corrected chi connectivity index (χ4v) is 2.66. The lowest BCUT2D eigenvalue weighted by Gasteiger charge is -2.09. The first kappa shape index (κ1) is 12.3. The molecule has 96 valence electrons. The zero-order valence-corrected chi connectivity index (χ0v) is 11.8. The summed E-state index contributed by atoms with van der Waals surface area (Å²) in [5.74, 6) is 0. The van der Waals surface area contributed by atoms with Gasteiger partial charge in [-0.05, 0) is 30.2 Å². The van der Waals surface area contributed by atoms with Crippen molar-refractivity contribution in [3.05, 3.63) is 46.7 Å². The summed E-state index contributed by atoms with van der Waals surface area (Å²) in [6, 6.07) is 5.80. The van der Waals surface area contributed by atoms with Crippen LogP contribution in [0.1, 0.15) is 11.1 Å². The third-order valence-electron chi connectivity index (χ3n) is 2.78. The van der Waals surface area contributed by atoms with Gasteiger partial charge in [0, 0.05) is 18.9 Å². The molecule has 0 saturated heterocycles. The first-order chi connectivity index (χ1) is 9.24. The monoisotopic (exact) mass is 290 g/mol. The van der Waals surface area contributed by atoms with Gasteiger partial charge in [-0.1, -0.05) is 17.7 Å². The zero-order valence-electron chi connectivity index (χ0n) is 10.2. The molecule has 6 heteroatoms. The fourth-order valence-electron chi connectivity index (χ4n) is 1.90. The van der Waals surface area contributed by atoms with Crippen molar-refractivity contribution < 1.29 is 0 Å². The lowest BCUT2D eigenvalue weighted by Crippen LogP contribution is -2.01. The van der Waals surface area contributed by atoms with Gasteiger partial charge >= 0.3 is 0 Å². The first-order valence-corrected chi connectivity index (χ1v) is 6.90. The minimum Gasteiger partial charge on any atom is -0.378 e. The maximum Gasteiger partial charge on any atom is 0.129 e. The van der Waals surface area contributed by atoms with Gasteiger partial charge in [0.2, 0.25) is 0 Å². The Balaban J connectivity index is 1.89. The summed E-state index contributed by atoms with van der Waals surface area (Å²) >= 11 is 7.41. The summed E-state index contributed by atoms with van der Waals surface area (Å²) in [7, 11) is 0. The molecule has 0 spiro atoms. The Kier molecular flexibility index (Phi) is 3.31. The minimum atomic E-state index is 0.654. The summed E-state index contributed by atoms with van der Waals surface area (Å²) in [5.41, 5.74) is 4.75. The van der Waals surface area contributed by atoms with Gasteiger partial charge in [-0.15, -0.1) is 0 Å². The molecule has 4 nitrogen and oxygen atoms in total. The molecule has 0 aliphatic carbocycles. The Hall–Kier alpha value is -1.72. The number of nitrogens with zero attached hydrogens (tertiary/aromatic N) is 3. The van der Waals surface area contributed by atoms with Crippen LogP contribution in [0.3, 0.4) is 0 Å². The van der Waals surface area contributed by atoms with Crippen LogP contribution in [-0.4, -0.2) is 13.7 Å². The minimum absolute atomic E-state index is 0.654. The highest BCUT2D eigenvalue weighted by Crippen LogP contribution is 2.30. The van der Waals surface area contributed by atoms with Gasteiger partial charge in [0.15, 0.2) is 0 Å². The molecule has 0 amide bonds. The predicted molar refractivity (Wildman–Crippen MR) is 78.7 cm³/mol. The largest absolute Gasteiger partial charge is 0.378 e. The van der Waals surface area contributed by atoms with E-state index in [4.69, 9.17) is 11.6 Å². The molecule has 0 atom stereocenters. The van der Waals surface area contributed by atoms with Crippen molar-refractivity contribution in [2.24, 2.45) is 0 Å². The van der Waals surface area contributed by atoms with Crippen LogP contribution >= 0.6 is 23.3 Å². The molecule has 0 bridgehead atoms. The molecule has 2 aromatic heterocycles. The Morgan fingerprint density at radius 2 is 2.16 bits per heavy atom. The second-order valence-corrected chi connectivity index (χ2v) is 5.21. The molecular formula is C13H11ClN4S. The van der Waals surface area contributed by atoms with E-state index in [-0.39, 0.29) is 0 Å². The van der Waals surface area contributed by atoms with Gasteiger partial charge in [0.1, 0.15) is 11.0 Å². The number of halogens is 1. The van der Waals surface area contributed by atoms with E-state index in [9.17, 15) is 0 Å². The second kappa shape index (κ2) is 5.11. The number of fused-ring (bicyclic) bond motifs is 1. The summed E-state index contributed by atoms with van der Waals surface area (Å²) in [6.07, 6.45) is 3.68. The number of rotatable bonds is 3. The number of hydrogen-bond acceptors (Lipinski definition) is 5. The van der Waals surface area contributed by atoms with Crippen LogP contribution in [0.15, 0.2) is 30.6 Å². The van der Waals surface area contributed by atoms with Crippen LogP contribution in [0.25, 0.3) is 11.0 Å². The van der Waals surface area contributed by atoms with Gasteiger partial charge in [0.25, 0.3) is 0 Å². The standard InChI is InChI=1S/C13H11ClN4S/c1-8-4-9(6-15-5-8)7-16-12-10(14)2-3-11-13(12)18-19-17-11/h2-6,16H,7H2,1H3. The van der Waals surface area contributed by atoms with E-state index >= 15 is 0 Å². The van der Waals surface area contributed by atoms with Crippen LogP contribution in [0.5, 0.6) is 0 Å². The second-order valence-electron chi connectivity index (χ2n) is 4.28. The van der Waals surface area contributed by atoms with Crippen molar-refractivity contribution in [3.8, 4) is 0 Å². The first-order valence-electron chi connectivity index (χ1n) is 5.79. The van der Waals surface area contributed by atoms with Crippen molar-refractivity contribution in [1.29, 1.82) is 0 Å². The van der Waals surface area contributed by atoms with Crippen molar-refractivity contribution in [2.45, 2.75) is 13.5 Å². The van der Waals surface area contributed by atoms with Crippen molar-refractivity contribution in [3.63, 3.8) is 0 Å². The van der Waals surface area contributed by atoms with Gasteiger partial charge in [0.05, 0.1) is 22.4 Å². The molecular weight excluding hydrogens is 280 g/mol. The molecule has 0 aliphatic rings. The van der Waals surface area contributed by atoms with Crippen LogP contribution in [0, 0.1) is 6.92 Å². The number of hydrogen-bond donors (Lipinski definition) is 1. The van der Waals surface area contributed by atoms with E-state index in [0.717, 1.165) is 27.8 Å². The Labute approximate surface area is 119 Å². The highest BCUT2D eigenvalue weighted by atomic mass is 35.5. The number of nitrogens with one attached hydrogen (secondary N) is 1. The van der Waals surface area contributed by atoms with Gasteiger partial charge < -0.3 is 5.32 Å². The summed E-state index contributed by atoms with van der Waals surface area (Å²) < 4.78 is 8.49. The highest BCUT2D eigenvalue weighted by molar-refractivity contribution is 7.00. The van der Waals surface area contributed by atoms with E-state index in [0.29, 0.717) is 11.6 Å². The molecule has 0 radical (unpaired) electrons. The normalized spacial score (nSPS) is 10.8. The molecule has 3 aromatic rings. The molecule has 2 heterocycles. The Morgan fingerprint density at radius 3 is 3.00 bits per heavy atom. The fraction of sp³-hybridized carbons (Fsp3) is 0.154. The number of anilines is 1. The van der Waals surface area contributed by atoms with Crippen LogP contribution in [0.4, 0.5) is 5.69 Å². The van der Waals surface area contributed by atoms with E-state index in [1.165, 1.54) is 11.7 Å². The number of benzene rings is 1.